The highest BCUT2D eigenvalue weighted by Gasteiger charge is 2.30. The van der Waals surface area contributed by atoms with Gasteiger partial charge in [0, 0.05) is 43.1 Å². The monoisotopic (exact) mass is 257 g/mol. The van der Waals surface area contributed by atoms with Crippen molar-refractivity contribution in [3.63, 3.8) is 0 Å². The summed E-state index contributed by atoms with van der Waals surface area (Å²) in [5.41, 5.74) is 2.04. The Kier molecular flexibility index (Phi) is 2.98. The Morgan fingerprint density at radius 3 is 2.74 bits per heavy atom. The zero-order valence-electron chi connectivity index (χ0n) is 11.3. The Labute approximate surface area is 113 Å². The van der Waals surface area contributed by atoms with Crippen molar-refractivity contribution in [2.24, 2.45) is 0 Å². The van der Waals surface area contributed by atoms with E-state index in [0.717, 1.165) is 36.7 Å². The van der Waals surface area contributed by atoms with Gasteiger partial charge in [-0.15, -0.1) is 10.2 Å². The van der Waals surface area contributed by atoms with Crippen LogP contribution in [0.2, 0.25) is 0 Å². The van der Waals surface area contributed by atoms with Crippen LogP contribution in [0.15, 0.2) is 30.6 Å². The SMILES string of the molecule is CC1(C)CNCCN1c1ccc(-c2cc[nH]c2)nn1. The Morgan fingerprint density at radius 2 is 2.11 bits per heavy atom. The van der Waals surface area contributed by atoms with E-state index in [1.807, 2.05) is 24.5 Å². The number of H-pyrrole nitrogens is 1. The number of nitrogens with zero attached hydrogens (tertiary/aromatic N) is 3. The first kappa shape index (κ1) is 12.2. The predicted octanol–water partition coefficient (Wildman–Crippen LogP) is 1.66. The smallest absolute Gasteiger partial charge is 0.151 e. The minimum absolute atomic E-state index is 0.0720. The lowest BCUT2D eigenvalue weighted by Crippen LogP contribution is -2.58. The van der Waals surface area contributed by atoms with E-state index in [9.17, 15) is 0 Å². The van der Waals surface area contributed by atoms with Gasteiger partial charge in [-0.3, -0.25) is 0 Å². The van der Waals surface area contributed by atoms with Crippen molar-refractivity contribution in [2.45, 2.75) is 19.4 Å². The summed E-state index contributed by atoms with van der Waals surface area (Å²) in [4.78, 5) is 5.35. The average molecular weight is 257 g/mol. The predicted molar refractivity (Wildman–Crippen MR) is 76.1 cm³/mol. The van der Waals surface area contributed by atoms with Gasteiger partial charge in [0.25, 0.3) is 0 Å². The number of piperazine rings is 1. The number of aromatic amines is 1. The fraction of sp³-hybridized carbons (Fsp3) is 0.429. The first-order valence-corrected chi connectivity index (χ1v) is 6.62. The molecule has 0 radical (unpaired) electrons. The number of anilines is 1. The molecule has 1 aliphatic rings. The van der Waals surface area contributed by atoms with Crippen LogP contribution in [0.1, 0.15) is 13.8 Å². The summed E-state index contributed by atoms with van der Waals surface area (Å²) in [6.45, 7) is 7.37. The molecular formula is C14H19N5. The van der Waals surface area contributed by atoms with Crippen LogP contribution in [0.3, 0.4) is 0 Å². The van der Waals surface area contributed by atoms with E-state index in [1.54, 1.807) is 0 Å². The van der Waals surface area contributed by atoms with Crippen LogP contribution in [0.25, 0.3) is 11.3 Å². The molecule has 5 heteroatoms. The van der Waals surface area contributed by atoms with Gasteiger partial charge in [0.1, 0.15) is 0 Å². The van der Waals surface area contributed by atoms with Gasteiger partial charge in [-0.2, -0.15) is 0 Å². The lowest BCUT2D eigenvalue weighted by Gasteiger charge is -2.43. The third-order valence-electron chi connectivity index (χ3n) is 3.62. The van der Waals surface area contributed by atoms with E-state index in [1.165, 1.54) is 0 Å². The van der Waals surface area contributed by atoms with Crippen molar-refractivity contribution >= 4 is 5.82 Å². The van der Waals surface area contributed by atoms with Crippen LogP contribution in [-0.2, 0) is 0 Å². The van der Waals surface area contributed by atoms with Gasteiger partial charge in [-0.25, -0.2) is 0 Å². The summed E-state index contributed by atoms with van der Waals surface area (Å²) in [5.74, 6) is 0.950. The average Bonchev–Trinajstić information content (AvgIpc) is 2.92. The van der Waals surface area contributed by atoms with Crippen LogP contribution in [0.5, 0.6) is 0 Å². The van der Waals surface area contributed by atoms with E-state index >= 15 is 0 Å². The molecule has 0 aliphatic carbocycles. The van der Waals surface area contributed by atoms with E-state index in [0.29, 0.717) is 0 Å². The second-order valence-electron chi connectivity index (χ2n) is 5.52. The maximum absolute atomic E-state index is 4.39. The molecule has 100 valence electrons. The topological polar surface area (TPSA) is 56.8 Å². The molecule has 2 N–H and O–H groups in total. The van der Waals surface area contributed by atoms with E-state index in [2.05, 4.69) is 45.3 Å². The maximum atomic E-state index is 4.39. The van der Waals surface area contributed by atoms with Crippen LogP contribution >= 0.6 is 0 Å². The van der Waals surface area contributed by atoms with Crippen LogP contribution in [0.4, 0.5) is 5.82 Å². The number of hydrogen-bond donors (Lipinski definition) is 2. The highest BCUT2D eigenvalue weighted by Crippen LogP contribution is 2.24. The molecule has 0 bridgehead atoms. The molecule has 1 saturated heterocycles. The van der Waals surface area contributed by atoms with Gasteiger partial charge in [0.15, 0.2) is 5.82 Å². The van der Waals surface area contributed by atoms with Crippen molar-refractivity contribution in [3.05, 3.63) is 30.6 Å². The van der Waals surface area contributed by atoms with E-state index in [4.69, 9.17) is 0 Å². The first-order chi connectivity index (χ1) is 9.17. The van der Waals surface area contributed by atoms with Crippen LogP contribution in [-0.4, -0.2) is 40.4 Å². The molecule has 1 fully saturated rings. The molecule has 0 spiro atoms. The molecule has 0 unspecified atom stereocenters. The van der Waals surface area contributed by atoms with Crippen molar-refractivity contribution in [1.29, 1.82) is 0 Å². The van der Waals surface area contributed by atoms with Crippen molar-refractivity contribution in [2.75, 3.05) is 24.5 Å². The molecule has 19 heavy (non-hydrogen) atoms. The summed E-state index contributed by atoms with van der Waals surface area (Å²) in [6, 6.07) is 6.09. The number of rotatable bonds is 2. The summed E-state index contributed by atoms with van der Waals surface area (Å²) >= 11 is 0. The molecule has 0 atom stereocenters. The third-order valence-corrected chi connectivity index (χ3v) is 3.62. The minimum Gasteiger partial charge on any atom is -0.367 e. The molecule has 0 amide bonds. The second kappa shape index (κ2) is 4.66. The maximum Gasteiger partial charge on any atom is 0.151 e. The lowest BCUT2D eigenvalue weighted by atomic mass is 10.0. The van der Waals surface area contributed by atoms with E-state index < -0.39 is 0 Å². The first-order valence-electron chi connectivity index (χ1n) is 6.62. The van der Waals surface area contributed by atoms with Gasteiger partial charge in [-0.1, -0.05) is 0 Å². The van der Waals surface area contributed by atoms with Crippen molar-refractivity contribution < 1.29 is 0 Å². The number of nitrogens with one attached hydrogen (secondary N) is 2. The molecule has 1 aliphatic heterocycles. The standard InChI is InChI=1S/C14H19N5/c1-14(2)10-16-7-8-19(14)13-4-3-12(17-18-13)11-5-6-15-9-11/h3-6,9,15-16H,7-8,10H2,1-2H3. The molecular weight excluding hydrogens is 238 g/mol. The zero-order chi connectivity index (χ0) is 13.3. The van der Waals surface area contributed by atoms with Crippen LogP contribution < -0.4 is 10.2 Å². The zero-order valence-corrected chi connectivity index (χ0v) is 11.3. The Hall–Kier alpha value is -1.88. The molecule has 3 heterocycles. The second-order valence-corrected chi connectivity index (χ2v) is 5.52. The third kappa shape index (κ3) is 2.33. The highest BCUT2D eigenvalue weighted by molar-refractivity contribution is 5.59. The molecule has 5 nitrogen and oxygen atoms in total. The summed E-state index contributed by atoms with van der Waals surface area (Å²) < 4.78 is 0. The number of aromatic nitrogens is 3. The van der Waals surface area contributed by atoms with Crippen molar-refractivity contribution in [3.8, 4) is 11.3 Å². The summed E-state index contributed by atoms with van der Waals surface area (Å²) in [7, 11) is 0. The minimum atomic E-state index is 0.0720. The lowest BCUT2D eigenvalue weighted by molar-refractivity contribution is 0.377. The largest absolute Gasteiger partial charge is 0.367 e. The molecule has 0 saturated carbocycles. The Balaban J connectivity index is 1.86. The van der Waals surface area contributed by atoms with Gasteiger partial charge < -0.3 is 15.2 Å². The fourth-order valence-corrected chi connectivity index (χ4v) is 2.51. The number of hydrogen-bond acceptors (Lipinski definition) is 4. The van der Waals surface area contributed by atoms with Gasteiger partial charge in [0.2, 0.25) is 0 Å². The molecule has 2 aromatic rings. The molecule has 2 aromatic heterocycles. The molecule has 3 rings (SSSR count). The van der Waals surface area contributed by atoms with Gasteiger partial charge >= 0.3 is 0 Å². The van der Waals surface area contributed by atoms with Crippen molar-refractivity contribution in [1.82, 2.24) is 20.5 Å². The molecule has 0 aromatic carbocycles. The normalized spacial score (nSPS) is 18.5. The Morgan fingerprint density at radius 1 is 1.21 bits per heavy atom. The summed E-state index contributed by atoms with van der Waals surface area (Å²) in [6.07, 6.45) is 3.82. The van der Waals surface area contributed by atoms with Gasteiger partial charge in [0.05, 0.1) is 5.69 Å². The quantitative estimate of drug-likeness (QED) is 0.859. The Bertz CT molecular complexity index is 529. The summed E-state index contributed by atoms with van der Waals surface area (Å²) in [5, 5.41) is 12.1. The fourth-order valence-electron chi connectivity index (χ4n) is 2.51. The van der Waals surface area contributed by atoms with Crippen LogP contribution in [0, 0.1) is 0 Å². The van der Waals surface area contributed by atoms with Gasteiger partial charge in [-0.05, 0) is 32.0 Å². The highest BCUT2D eigenvalue weighted by atomic mass is 15.3. The van der Waals surface area contributed by atoms with E-state index in [-0.39, 0.29) is 5.54 Å².